The first kappa shape index (κ1) is 20.4. The Bertz CT molecular complexity index is 856. The summed E-state index contributed by atoms with van der Waals surface area (Å²) in [6.45, 7) is 5.02. The number of likely N-dealkylation sites (N-methyl/N-ethyl adjacent to an activating group) is 1. The fraction of sp³-hybridized carbons (Fsp3) is 0.300. The van der Waals surface area contributed by atoms with Crippen LogP contribution in [0.2, 0.25) is 0 Å². The van der Waals surface area contributed by atoms with Crippen molar-refractivity contribution in [3.8, 4) is 0 Å². The molecule has 0 aliphatic heterocycles. The Kier molecular flexibility index (Phi) is 6.90. The Balaban J connectivity index is 2.24. The van der Waals surface area contributed by atoms with Crippen LogP contribution in [0.15, 0.2) is 18.2 Å². The van der Waals surface area contributed by atoms with E-state index >= 15 is 0 Å². The Labute approximate surface area is 158 Å². The van der Waals surface area contributed by atoms with Crippen LogP contribution in [-0.2, 0) is 4.79 Å². The SMILES string of the molecule is Cc1[nH]c(/C=C/c2cc(F)ccc2NC=O)c(C)c1C(=O)NCCN(C)C. The predicted molar refractivity (Wildman–Crippen MR) is 106 cm³/mol. The Hall–Kier alpha value is -2.93. The van der Waals surface area contributed by atoms with E-state index in [9.17, 15) is 14.0 Å². The maximum Gasteiger partial charge on any atom is 0.253 e. The van der Waals surface area contributed by atoms with Crippen molar-refractivity contribution in [2.45, 2.75) is 13.8 Å². The third kappa shape index (κ3) is 5.27. The summed E-state index contributed by atoms with van der Waals surface area (Å²) in [7, 11) is 3.89. The van der Waals surface area contributed by atoms with E-state index in [2.05, 4.69) is 15.6 Å². The van der Waals surface area contributed by atoms with Crippen LogP contribution in [0.5, 0.6) is 0 Å². The zero-order chi connectivity index (χ0) is 20.0. The lowest BCUT2D eigenvalue weighted by Gasteiger charge is -2.10. The van der Waals surface area contributed by atoms with Crippen molar-refractivity contribution in [1.82, 2.24) is 15.2 Å². The van der Waals surface area contributed by atoms with Crippen molar-refractivity contribution < 1.29 is 14.0 Å². The van der Waals surface area contributed by atoms with Crippen molar-refractivity contribution in [1.29, 1.82) is 0 Å². The molecule has 0 saturated carbocycles. The highest BCUT2D eigenvalue weighted by Crippen LogP contribution is 2.23. The van der Waals surface area contributed by atoms with Gasteiger partial charge in [-0.05, 0) is 57.8 Å². The minimum Gasteiger partial charge on any atom is -0.358 e. The highest BCUT2D eigenvalue weighted by atomic mass is 19.1. The first-order valence-corrected chi connectivity index (χ1v) is 8.63. The third-order valence-electron chi connectivity index (χ3n) is 4.21. The number of H-pyrrole nitrogens is 1. The third-order valence-corrected chi connectivity index (χ3v) is 4.21. The summed E-state index contributed by atoms with van der Waals surface area (Å²) in [6, 6.07) is 4.12. The Morgan fingerprint density at radius 1 is 1.26 bits per heavy atom. The quantitative estimate of drug-likeness (QED) is 0.624. The smallest absolute Gasteiger partial charge is 0.253 e. The van der Waals surface area contributed by atoms with Gasteiger partial charge in [-0.2, -0.15) is 0 Å². The molecule has 0 bridgehead atoms. The molecular formula is C20H25FN4O2. The molecule has 0 aliphatic carbocycles. The Morgan fingerprint density at radius 2 is 2.00 bits per heavy atom. The van der Waals surface area contributed by atoms with Crippen LogP contribution in [0.3, 0.4) is 0 Å². The minimum atomic E-state index is -0.397. The normalized spacial score (nSPS) is 11.2. The summed E-state index contributed by atoms with van der Waals surface area (Å²) in [6.07, 6.45) is 4.01. The number of nitrogens with one attached hydrogen (secondary N) is 3. The predicted octanol–water partition coefficient (Wildman–Crippen LogP) is 2.80. The largest absolute Gasteiger partial charge is 0.358 e. The first-order chi connectivity index (χ1) is 12.8. The highest BCUT2D eigenvalue weighted by molar-refractivity contribution is 5.98. The van der Waals surface area contributed by atoms with Gasteiger partial charge in [0.1, 0.15) is 5.82 Å². The van der Waals surface area contributed by atoms with Crippen LogP contribution < -0.4 is 10.6 Å². The number of rotatable bonds is 8. The van der Waals surface area contributed by atoms with Gasteiger partial charge < -0.3 is 20.5 Å². The number of hydrogen-bond acceptors (Lipinski definition) is 3. The van der Waals surface area contributed by atoms with Crippen molar-refractivity contribution in [2.24, 2.45) is 0 Å². The van der Waals surface area contributed by atoms with Gasteiger partial charge in [0, 0.05) is 35.7 Å². The summed E-state index contributed by atoms with van der Waals surface area (Å²) in [5.41, 5.74) is 3.98. The average molecular weight is 372 g/mol. The number of benzene rings is 1. The molecule has 0 radical (unpaired) electrons. The lowest BCUT2D eigenvalue weighted by Crippen LogP contribution is -2.31. The van der Waals surface area contributed by atoms with Crippen molar-refractivity contribution in [2.75, 3.05) is 32.5 Å². The molecule has 0 atom stereocenters. The number of anilines is 1. The molecule has 0 fully saturated rings. The van der Waals surface area contributed by atoms with Crippen LogP contribution in [0, 0.1) is 19.7 Å². The van der Waals surface area contributed by atoms with Gasteiger partial charge in [-0.3, -0.25) is 9.59 Å². The van der Waals surface area contributed by atoms with Gasteiger partial charge in [0.2, 0.25) is 6.41 Å². The minimum absolute atomic E-state index is 0.128. The molecule has 1 heterocycles. The van der Waals surface area contributed by atoms with Crippen molar-refractivity contribution >= 4 is 30.2 Å². The highest BCUT2D eigenvalue weighted by Gasteiger charge is 2.16. The van der Waals surface area contributed by atoms with Gasteiger partial charge >= 0.3 is 0 Å². The van der Waals surface area contributed by atoms with Crippen molar-refractivity contribution in [3.05, 3.63) is 52.1 Å². The maximum absolute atomic E-state index is 13.5. The topological polar surface area (TPSA) is 77.2 Å². The number of halogens is 1. The molecule has 6 nitrogen and oxygen atoms in total. The molecule has 0 saturated heterocycles. The summed E-state index contributed by atoms with van der Waals surface area (Å²) < 4.78 is 13.5. The van der Waals surface area contributed by atoms with Crippen LogP contribution >= 0.6 is 0 Å². The molecule has 2 amide bonds. The molecule has 1 aromatic carbocycles. The van der Waals surface area contributed by atoms with Crippen LogP contribution in [0.4, 0.5) is 10.1 Å². The van der Waals surface area contributed by atoms with E-state index < -0.39 is 5.82 Å². The van der Waals surface area contributed by atoms with Gasteiger partial charge in [-0.1, -0.05) is 6.08 Å². The number of aromatic nitrogens is 1. The lowest BCUT2D eigenvalue weighted by atomic mass is 10.1. The molecule has 0 spiro atoms. The molecule has 0 unspecified atom stereocenters. The van der Waals surface area contributed by atoms with Crippen LogP contribution in [-0.4, -0.2) is 49.4 Å². The second-order valence-corrected chi connectivity index (χ2v) is 6.55. The molecular weight excluding hydrogens is 347 g/mol. The summed E-state index contributed by atoms with van der Waals surface area (Å²) in [5.74, 6) is -0.525. The number of carbonyl (C=O) groups excluding carboxylic acids is 2. The first-order valence-electron chi connectivity index (χ1n) is 8.63. The average Bonchev–Trinajstić information content (AvgIpc) is 2.88. The summed E-state index contributed by atoms with van der Waals surface area (Å²) in [5, 5.41) is 5.45. The van der Waals surface area contributed by atoms with Crippen LogP contribution in [0.1, 0.15) is 32.9 Å². The molecule has 144 valence electrons. The van der Waals surface area contributed by atoms with E-state index in [1.54, 1.807) is 12.2 Å². The van der Waals surface area contributed by atoms with E-state index in [0.29, 0.717) is 29.8 Å². The molecule has 3 N–H and O–H groups in total. The van der Waals surface area contributed by atoms with Gasteiger partial charge in [-0.25, -0.2) is 4.39 Å². The fourth-order valence-corrected chi connectivity index (χ4v) is 2.80. The zero-order valence-electron chi connectivity index (χ0n) is 16.0. The summed E-state index contributed by atoms with van der Waals surface area (Å²) in [4.78, 5) is 28.4. The fourth-order valence-electron chi connectivity index (χ4n) is 2.80. The number of nitrogens with zero attached hydrogens (tertiary/aromatic N) is 1. The number of carbonyl (C=O) groups is 2. The number of aromatic amines is 1. The molecule has 1 aromatic heterocycles. The van der Waals surface area contributed by atoms with Gasteiger partial charge in [0.25, 0.3) is 5.91 Å². The van der Waals surface area contributed by atoms with E-state index in [0.717, 1.165) is 23.5 Å². The molecule has 2 aromatic rings. The molecule has 27 heavy (non-hydrogen) atoms. The second kappa shape index (κ2) is 9.14. The zero-order valence-corrected chi connectivity index (χ0v) is 16.0. The molecule has 7 heteroatoms. The van der Waals surface area contributed by atoms with E-state index in [-0.39, 0.29) is 5.91 Å². The molecule has 2 rings (SSSR count). The maximum atomic E-state index is 13.5. The van der Waals surface area contributed by atoms with Gasteiger partial charge in [0.05, 0.1) is 5.56 Å². The van der Waals surface area contributed by atoms with Crippen molar-refractivity contribution in [3.63, 3.8) is 0 Å². The van der Waals surface area contributed by atoms with Crippen LogP contribution in [0.25, 0.3) is 12.2 Å². The second-order valence-electron chi connectivity index (χ2n) is 6.55. The summed E-state index contributed by atoms with van der Waals surface area (Å²) >= 11 is 0. The number of hydrogen-bond donors (Lipinski definition) is 3. The van der Waals surface area contributed by atoms with E-state index in [1.165, 1.54) is 18.2 Å². The lowest BCUT2D eigenvalue weighted by molar-refractivity contribution is -0.105. The van der Waals surface area contributed by atoms with Gasteiger partial charge in [-0.15, -0.1) is 0 Å². The molecule has 0 aliphatic rings. The Morgan fingerprint density at radius 3 is 2.67 bits per heavy atom. The number of amides is 2. The monoisotopic (exact) mass is 372 g/mol. The van der Waals surface area contributed by atoms with E-state index in [1.807, 2.05) is 32.8 Å². The van der Waals surface area contributed by atoms with E-state index in [4.69, 9.17) is 0 Å². The van der Waals surface area contributed by atoms with Gasteiger partial charge in [0.15, 0.2) is 0 Å². The standard InChI is InChI=1S/C20H25FN4O2/c1-13-17(7-5-15-11-16(21)6-8-18(15)23-12-26)24-14(2)19(13)20(27)22-9-10-25(3)4/h5-8,11-12,24H,9-10H2,1-4H3,(H,22,27)(H,23,26)/b7-5+. The number of aryl methyl sites for hydroxylation is 1.